The third kappa shape index (κ3) is 4.72. The van der Waals surface area contributed by atoms with Gasteiger partial charge < -0.3 is 9.47 Å². The van der Waals surface area contributed by atoms with E-state index in [1.165, 1.54) is 13.8 Å². The molecule has 0 saturated heterocycles. The van der Waals surface area contributed by atoms with Crippen LogP contribution in [0.25, 0.3) is 11.1 Å². The molecule has 24 heavy (non-hydrogen) atoms. The van der Waals surface area contributed by atoms with E-state index in [0.717, 1.165) is 0 Å². The number of hydrogen-bond acceptors (Lipinski definition) is 6. The van der Waals surface area contributed by atoms with Crippen LogP contribution in [0.1, 0.15) is 13.8 Å². The Morgan fingerprint density at radius 2 is 1.08 bits per heavy atom. The van der Waals surface area contributed by atoms with Gasteiger partial charge in [-0.3, -0.25) is 0 Å². The summed E-state index contributed by atoms with van der Waals surface area (Å²) in [4.78, 5) is 22.8. The second-order valence-corrected chi connectivity index (χ2v) is 6.52. The second kappa shape index (κ2) is 7.55. The Kier molecular flexibility index (Phi) is 6.45. The molecule has 1 aromatic rings. The number of carbonyl (C=O) groups is 2. The number of halogens is 6. The fourth-order valence-electron chi connectivity index (χ4n) is 1.42. The van der Waals surface area contributed by atoms with Gasteiger partial charge in [0.2, 0.25) is 0 Å². The van der Waals surface area contributed by atoms with Crippen LogP contribution >= 0.6 is 22.7 Å². The quantitative estimate of drug-likeness (QED) is 0.579. The highest BCUT2D eigenvalue weighted by molar-refractivity contribution is 7.36. The first-order valence-corrected chi connectivity index (χ1v) is 7.89. The Balaban J connectivity index is 3.56. The van der Waals surface area contributed by atoms with Gasteiger partial charge in [-0.2, -0.15) is 26.3 Å². The molecule has 1 heterocycles. The molecule has 0 fully saturated rings. The topological polar surface area (TPSA) is 52.6 Å². The predicted octanol–water partition coefficient (Wildman–Crippen LogP) is 2.36. The van der Waals surface area contributed by atoms with Crippen molar-refractivity contribution in [1.82, 2.24) is 0 Å². The number of carbonyl (C=O) groups excluding carboxylic acids is 2. The van der Waals surface area contributed by atoms with E-state index in [1.807, 2.05) is 0 Å². The Morgan fingerprint density at radius 3 is 1.29 bits per heavy atom. The van der Waals surface area contributed by atoms with Crippen LogP contribution in [-0.2, 0) is 19.1 Å². The van der Waals surface area contributed by atoms with E-state index < -0.39 is 43.1 Å². The molecule has 12 heteroatoms. The van der Waals surface area contributed by atoms with E-state index in [2.05, 4.69) is 9.47 Å². The van der Waals surface area contributed by atoms with E-state index in [1.54, 1.807) is 0 Å². The lowest BCUT2D eigenvalue weighted by molar-refractivity contribution is -0.144. The van der Waals surface area contributed by atoms with Crippen molar-refractivity contribution in [3.8, 4) is 0 Å². The zero-order valence-corrected chi connectivity index (χ0v) is 13.8. The summed E-state index contributed by atoms with van der Waals surface area (Å²) in [5.41, 5.74) is -3.40. The van der Waals surface area contributed by atoms with Crippen molar-refractivity contribution in [2.24, 2.45) is 0 Å². The largest absolute Gasteiger partial charge is 0.462 e. The van der Waals surface area contributed by atoms with Crippen molar-refractivity contribution in [2.45, 2.75) is 26.2 Å². The first kappa shape index (κ1) is 20.5. The molecule has 0 aliphatic rings. The Bertz CT molecular complexity index is 649. The fraction of sp³-hybridized carbons (Fsp3) is 0.500. The van der Waals surface area contributed by atoms with Crippen molar-refractivity contribution in [3.05, 3.63) is 7.69 Å². The summed E-state index contributed by atoms with van der Waals surface area (Å²) in [5, 5.41) is 0. The second-order valence-electron chi connectivity index (χ2n) is 3.97. The summed E-state index contributed by atoms with van der Waals surface area (Å²) in [6.45, 7) is 1.90. The van der Waals surface area contributed by atoms with Crippen molar-refractivity contribution >= 4 is 45.8 Å². The Labute approximate surface area is 139 Å². The van der Waals surface area contributed by atoms with Gasteiger partial charge >= 0.3 is 24.3 Å². The average Bonchev–Trinajstić information content (AvgIpc) is 2.33. The third-order valence-corrected chi connectivity index (χ3v) is 4.86. The van der Waals surface area contributed by atoms with Crippen LogP contribution in [0.4, 0.5) is 26.3 Å². The van der Waals surface area contributed by atoms with Gasteiger partial charge in [-0.15, -0.1) is 22.7 Å². The van der Waals surface area contributed by atoms with Crippen LogP contribution in [-0.4, -0.2) is 37.5 Å². The molecule has 0 radical (unpaired) electrons. The molecule has 1 aromatic heterocycles. The first-order valence-electron chi connectivity index (χ1n) is 6.26. The van der Waals surface area contributed by atoms with Gasteiger partial charge in [0.05, 0.1) is 13.2 Å². The standard InChI is InChI=1S/C12H10F6O4S2/c1-3-21-7(19)5(11(13,14)15)9-23-10(24-9)6(12(16,17)18)8(20)22-4-2/h3-4H2,1-2H3. The molecule has 1 rings (SSSR count). The molecule has 136 valence electrons. The van der Waals surface area contributed by atoms with Crippen LogP contribution in [0.2, 0.25) is 0 Å². The summed E-state index contributed by atoms with van der Waals surface area (Å²) in [5.74, 6) is -3.38. The van der Waals surface area contributed by atoms with Gasteiger partial charge in [0, 0.05) is 0 Å². The number of esters is 2. The van der Waals surface area contributed by atoms with Crippen molar-refractivity contribution in [1.29, 1.82) is 0 Å². The molecule has 4 nitrogen and oxygen atoms in total. The highest BCUT2D eigenvalue weighted by atomic mass is 32.2. The van der Waals surface area contributed by atoms with Gasteiger partial charge in [0.25, 0.3) is 0 Å². The van der Waals surface area contributed by atoms with Gasteiger partial charge in [-0.25, -0.2) is 9.59 Å². The van der Waals surface area contributed by atoms with Gasteiger partial charge in [0.1, 0.15) is 7.69 Å². The SMILES string of the molecule is CCOC(=O)C(=c1sc(=C(C(=O)OCC)C(F)(F)F)s1)C(F)(F)F. The summed E-state index contributed by atoms with van der Waals surface area (Å²) in [7, 11) is 0. The molecule has 0 atom stereocenters. The Morgan fingerprint density at radius 1 is 0.792 bits per heavy atom. The van der Waals surface area contributed by atoms with Crippen molar-refractivity contribution < 1.29 is 45.4 Å². The smallest absolute Gasteiger partial charge is 0.425 e. The van der Waals surface area contributed by atoms with Crippen LogP contribution in [0, 0.1) is 0 Å². The number of rotatable bonds is 4. The summed E-state index contributed by atoms with van der Waals surface area (Å²) < 4.78 is 84.4. The molecule has 0 bridgehead atoms. The lowest BCUT2D eigenvalue weighted by Gasteiger charge is -2.13. The minimum atomic E-state index is -5.10. The molecule has 0 amide bonds. The van der Waals surface area contributed by atoms with E-state index in [-0.39, 0.29) is 35.9 Å². The molecule has 0 unspecified atom stereocenters. The minimum Gasteiger partial charge on any atom is -0.462 e. The molecule has 0 N–H and O–H groups in total. The van der Waals surface area contributed by atoms with Crippen LogP contribution in [0.15, 0.2) is 0 Å². The first-order chi connectivity index (χ1) is 10.9. The van der Waals surface area contributed by atoms with E-state index >= 15 is 0 Å². The van der Waals surface area contributed by atoms with Crippen LogP contribution in [0.3, 0.4) is 0 Å². The highest BCUT2D eigenvalue weighted by Gasteiger charge is 2.44. The summed E-state index contributed by atoms with van der Waals surface area (Å²) >= 11 is 0.0650. The maximum atomic E-state index is 12.9. The van der Waals surface area contributed by atoms with E-state index in [0.29, 0.717) is 0 Å². The molecule has 0 saturated carbocycles. The maximum absolute atomic E-state index is 12.9. The van der Waals surface area contributed by atoms with Gasteiger partial charge in [0.15, 0.2) is 11.1 Å². The molecular weight excluding hydrogens is 386 g/mol. The van der Waals surface area contributed by atoms with E-state index in [9.17, 15) is 35.9 Å². The predicted molar refractivity (Wildman–Crippen MR) is 73.6 cm³/mol. The highest BCUT2D eigenvalue weighted by Crippen LogP contribution is 2.30. The van der Waals surface area contributed by atoms with Gasteiger partial charge in [-0.05, 0) is 13.8 Å². The van der Waals surface area contributed by atoms with Crippen molar-refractivity contribution in [2.75, 3.05) is 13.2 Å². The van der Waals surface area contributed by atoms with Gasteiger partial charge in [-0.1, -0.05) is 0 Å². The van der Waals surface area contributed by atoms with Crippen LogP contribution < -0.4 is 7.69 Å². The van der Waals surface area contributed by atoms with Crippen molar-refractivity contribution in [3.63, 3.8) is 0 Å². The molecule has 0 aliphatic heterocycles. The zero-order chi connectivity index (χ0) is 18.7. The monoisotopic (exact) mass is 396 g/mol. The fourth-order valence-corrected chi connectivity index (χ4v) is 3.72. The van der Waals surface area contributed by atoms with E-state index in [4.69, 9.17) is 0 Å². The lowest BCUT2D eigenvalue weighted by Crippen LogP contribution is -2.33. The molecular formula is C12H10F6O4S2. The number of hydrogen-bond donors (Lipinski definition) is 0. The molecule has 0 aromatic carbocycles. The summed E-state index contributed by atoms with van der Waals surface area (Å²) in [6, 6.07) is 0. The minimum absolute atomic E-state index is 0.0325. The lowest BCUT2D eigenvalue weighted by atomic mass is 10.3. The summed E-state index contributed by atoms with van der Waals surface area (Å²) in [6.07, 6.45) is -10.2. The number of alkyl halides is 6. The van der Waals surface area contributed by atoms with Crippen LogP contribution in [0.5, 0.6) is 0 Å². The molecule has 0 aliphatic carbocycles. The third-order valence-electron chi connectivity index (χ3n) is 2.31. The molecule has 0 spiro atoms. The average molecular weight is 396 g/mol. The number of ether oxygens (including phenoxy) is 2. The normalized spacial score (nSPS) is 12.0. The Hall–Kier alpha value is -1.56. The zero-order valence-electron chi connectivity index (χ0n) is 12.1. The maximum Gasteiger partial charge on any atom is 0.425 e.